The Labute approximate surface area is 121 Å². The molecule has 1 aliphatic rings. The molecule has 1 atom stereocenters. The second-order valence-corrected chi connectivity index (χ2v) is 5.48. The summed E-state index contributed by atoms with van der Waals surface area (Å²) < 4.78 is 5.13. The lowest BCUT2D eigenvalue weighted by Gasteiger charge is -2.38. The van der Waals surface area contributed by atoms with Crippen molar-refractivity contribution in [3.63, 3.8) is 0 Å². The second-order valence-electron chi connectivity index (χ2n) is 5.07. The predicted molar refractivity (Wildman–Crippen MR) is 79.8 cm³/mol. The molecule has 1 unspecified atom stereocenters. The van der Waals surface area contributed by atoms with Crippen LogP contribution in [0.1, 0.15) is 18.5 Å². The Kier molecular flexibility index (Phi) is 5.64. The molecule has 2 rings (SSSR count). The minimum Gasteiger partial charge on any atom is -0.383 e. The van der Waals surface area contributed by atoms with Gasteiger partial charge in [-0.15, -0.1) is 0 Å². The number of rotatable bonds is 5. The van der Waals surface area contributed by atoms with E-state index in [2.05, 4.69) is 28.9 Å². The summed E-state index contributed by atoms with van der Waals surface area (Å²) in [6, 6.07) is 8.54. The molecule has 0 N–H and O–H groups in total. The van der Waals surface area contributed by atoms with Crippen LogP contribution in [0.25, 0.3) is 0 Å². The number of ether oxygens (including phenoxy) is 1. The summed E-state index contributed by atoms with van der Waals surface area (Å²) in [4.78, 5) is 4.96. The normalized spacial score (nSPS) is 19.5. The van der Waals surface area contributed by atoms with Gasteiger partial charge >= 0.3 is 0 Å². The molecular weight excluding hydrogens is 260 g/mol. The molecule has 0 spiro atoms. The molecule has 19 heavy (non-hydrogen) atoms. The summed E-state index contributed by atoms with van der Waals surface area (Å²) >= 11 is 6.28. The van der Waals surface area contributed by atoms with Crippen molar-refractivity contribution in [2.24, 2.45) is 0 Å². The lowest BCUT2D eigenvalue weighted by Crippen LogP contribution is -2.47. The highest BCUT2D eigenvalue weighted by atomic mass is 35.5. The minimum atomic E-state index is 0.387. The van der Waals surface area contributed by atoms with Crippen LogP contribution >= 0.6 is 11.6 Å². The zero-order valence-corrected chi connectivity index (χ0v) is 12.6. The highest BCUT2D eigenvalue weighted by Gasteiger charge is 2.22. The van der Waals surface area contributed by atoms with Crippen molar-refractivity contribution in [1.82, 2.24) is 9.80 Å². The first-order chi connectivity index (χ1) is 9.22. The third-order valence-corrected chi connectivity index (χ3v) is 4.27. The van der Waals surface area contributed by atoms with Crippen LogP contribution in [0.5, 0.6) is 0 Å². The first-order valence-corrected chi connectivity index (χ1v) is 7.30. The molecule has 0 saturated carbocycles. The van der Waals surface area contributed by atoms with E-state index in [1.807, 2.05) is 12.1 Å². The van der Waals surface area contributed by atoms with E-state index in [0.717, 1.165) is 44.4 Å². The highest BCUT2D eigenvalue weighted by molar-refractivity contribution is 6.31. The van der Waals surface area contributed by atoms with Gasteiger partial charge in [0.1, 0.15) is 0 Å². The number of nitrogens with zero attached hydrogens (tertiary/aromatic N) is 2. The van der Waals surface area contributed by atoms with Crippen LogP contribution in [0.3, 0.4) is 0 Å². The molecule has 0 aliphatic carbocycles. The predicted octanol–water partition coefficient (Wildman–Crippen LogP) is 2.67. The number of hydrogen-bond donors (Lipinski definition) is 0. The van der Waals surface area contributed by atoms with Gasteiger partial charge in [0.05, 0.1) is 6.61 Å². The lowest BCUT2D eigenvalue weighted by atomic mass is 10.1. The van der Waals surface area contributed by atoms with E-state index in [0.29, 0.717) is 6.04 Å². The Morgan fingerprint density at radius 2 is 1.89 bits per heavy atom. The van der Waals surface area contributed by atoms with Gasteiger partial charge in [-0.05, 0) is 18.6 Å². The van der Waals surface area contributed by atoms with Crippen molar-refractivity contribution in [2.45, 2.75) is 13.0 Å². The Morgan fingerprint density at radius 1 is 1.21 bits per heavy atom. The zero-order chi connectivity index (χ0) is 13.7. The van der Waals surface area contributed by atoms with Gasteiger partial charge in [0.25, 0.3) is 0 Å². The van der Waals surface area contributed by atoms with Crippen LogP contribution in [-0.2, 0) is 4.74 Å². The van der Waals surface area contributed by atoms with Crippen LogP contribution in [0.2, 0.25) is 5.02 Å². The van der Waals surface area contributed by atoms with Crippen molar-refractivity contribution in [3.8, 4) is 0 Å². The molecule has 0 aromatic heterocycles. The van der Waals surface area contributed by atoms with Crippen molar-refractivity contribution >= 4 is 11.6 Å². The van der Waals surface area contributed by atoms with E-state index >= 15 is 0 Å². The first-order valence-electron chi connectivity index (χ1n) is 6.92. The lowest BCUT2D eigenvalue weighted by molar-refractivity contribution is 0.0787. The van der Waals surface area contributed by atoms with E-state index in [-0.39, 0.29) is 0 Å². The van der Waals surface area contributed by atoms with Crippen LogP contribution in [0, 0.1) is 0 Å². The van der Waals surface area contributed by atoms with Gasteiger partial charge in [0.2, 0.25) is 0 Å². The minimum absolute atomic E-state index is 0.387. The van der Waals surface area contributed by atoms with Crippen molar-refractivity contribution < 1.29 is 4.74 Å². The molecule has 106 valence electrons. The molecular formula is C15H23ClN2O. The summed E-state index contributed by atoms with van der Waals surface area (Å²) in [5.74, 6) is 0. The number of benzene rings is 1. The fourth-order valence-corrected chi connectivity index (χ4v) is 2.90. The van der Waals surface area contributed by atoms with E-state index < -0.39 is 0 Å². The van der Waals surface area contributed by atoms with Gasteiger partial charge in [0, 0.05) is 50.9 Å². The Bertz CT molecular complexity index is 391. The maximum atomic E-state index is 6.28. The van der Waals surface area contributed by atoms with Gasteiger partial charge in [-0.25, -0.2) is 0 Å². The molecule has 1 saturated heterocycles. The monoisotopic (exact) mass is 282 g/mol. The number of hydrogen-bond acceptors (Lipinski definition) is 3. The van der Waals surface area contributed by atoms with E-state index in [1.54, 1.807) is 7.11 Å². The van der Waals surface area contributed by atoms with E-state index in [9.17, 15) is 0 Å². The molecule has 3 nitrogen and oxygen atoms in total. The zero-order valence-electron chi connectivity index (χ0n) is 11.8. The van der Waals surface area contributed by atoms with Gasteiger partial charge in [-0.2, -0.15) is 0 Å². The van der Waals surface area contributed by atoms with Crippen molar-refractivity contribution in [3.05, 3.63) is 34.9 Å². The smallest absolute Gasteiger partial charge is 0.0589 e. The second kappa shape index (κ2) is 7.25. The van der Waals surface area contributed by atoms with E-state index in [1.165, 1.54) is 5.56 Å². The molecule has 0 amide bonds. The summed E-state index contributed by atoms with van der Waals surface area (Å²) in [5, 5.41) is 0.872. The quantitative estimate of drug-likeness (QED) is 0.826. The van der Waals surface area contributed by atoms with Crippen molar-refractivity contribution in [2.75, 3.05) is 46.4 Å². The third kappa shape index (κ3) is 3.93. The maximum Gasteiger partial charge on any atom is 0.0589 e. The van der Waals surface area contributed by atoms with E-state index in [4.69, 9.17) is 16.3 Å². The average Bonchev–Trinajstić information content (AvgIpc) is 2.45. The summed E-state index contributed by atoms with van der Waals surface area (Å²) in [7, 11) is 1.76. The number of piperazine rings is 1. The average molecular weight is 283 g/mol. The molecule has 1 aromatic carbocycles. The first kappa shape index (κ1) is 14.8. The van der Waals surface area contributed by atoms with Gasteiger partial charge < -0.3 is 4.74 Å². The maximum absolute atomic E-state index is 6.28. The standard InChI is InChI=1S/C15H23ClN2O/c1-13(14-5-3-4-6-15(14)16)18-9-7-17(8-10-18)11-12-19-2/h3-6,13H,7-12H2,1-2H3. The van der Waals surface area contributed by atoms with Crippen LogP contribution < -0.4 is 0 Å². The molecule has 1 aromatic rings. The highest BCUT2D eigenvalue weighted by Crippen LogP contribution is 2.27. The van der Waals surface area contributed by atoms with Crippen LogP contribution in [0.4, 0.5) is 0 Å². The summed E-state index contributed by atoms with van der Waals surface area (Å²) in [6.07, 6.45) is 0. The SMILES string of the molecule is COCCN1CCN(C(C)c2ccccc2Cl)CC1. The summed E-state index contributed by atoms with van der Waals surface area (Å²) in [6.45, 7) is 8.50. The molecule has 0 radical (unpaired) electrons. The number of halogens is 1. The molecule has 1 fully saturated rings. The number of methoxy groups -OCH3 is 1. The Hall–Kier alpha value is -0.610. The largest absolute Gasteiger partial charge is 0.383 e. The van der Waals surface area contributed by atoms with Crippen LogP contribution in [-0.4, -0.2) is 56.2 Å². The molecule has 0 bridgehead atoms. The molecule has 4 heteroatoms. The van der Waals surface area contributed by atoms with Gasteiger partial charge in [0.15, 0.2) is 0 Å². The third-order valence-electron chi connectivity index (χ3n) is 3.92. The Morgan fingerprint density at radius 3 is 2.53 bits per heavy atom. The van der Waals surface area contributed by atoms with Gasteiger partial charge in [-0.1, -0.05) is 29.8 Å². The van der Waals surface area contributed by atoms with Crippen LogP contribution in [0.15, 0.2) is 24.3 Å². The fraction of sp³-hybridized carbons (Fsp3) is 0.600. The summed E-state index contributed by atoms with van der Waals surface area (Å²) in [5.41, 5.74) is 1.23. The fourth-order valence-electron chi connectivity index (χ4n) is 2.61. The molecule has 1 aliphatic heterocycles. The topological polar surface area (TPSA) is 15.7 Å². The Balaban J connectivity index is 1.89. The molecule has 1 heterocycles. The van der Waals surface area contributed by atoms with Gasteiger partial charge in [-0.3, -0.25) is 9.80 Å². The van der Waals surface area contributed by atoms with Crippen molar-refractivity contribution in [1.29, 1.82) is 0 Å².